The fourth-order valence-corrected chi connectivity index (χ4v) is 2.76. The fourth-order valence-electron chi connectivity index (χ4n) is 2.76. The van der Waals surface area contributed by atoms with Gasteiger partial charge in [0.25, 0.3) is 0 Å². The molecule has 0 bridgehead atoms. The molecule has 0 unspecified atom stereocenters. The molecule has 5 heteroatoms. The zero-order valence-corrected chi connectivity index (χ0v) is 12.3. The lowest BCUT2D eigenvalue weighted by Crippen LogP contribution is -2.43. The van der Waals surface area contributed by atoms with Crippen LogP contribution in [0.1, 0.15) is 25.3 Å². The minimum Gasteiger partial charge on any atom is -0.409 e. The number of hydrogen-bond acceptors (Lipinski definition) is 4. The van der Waals surface area contributed by atoms with Crippen LogP contribution >= 0.6 is 0 Å². The molecule has 110 valence electrons. The molecule has 0 aliphatic carbocycles. The number of oxime groups is 1. The van der Waals surface area contributed by atoms with Crippen molar-refractivity contribution in [2.45, 2.75) is 25.8 Å². The maximum absolute atomic E-state index is 8.67. The molecule has 5 nitrogen and oxygen atoms in total. The van der Waals surface area contributed by atoms with Gasteiger partial charge < -0.3 is 20.7 Å². The van der Waals surface area contributed by atoms with Crippen LogP contribution in [-0.4, -0.2) is 48.7 Å². The minimum absolute atomic E-state index is 0.149. The Morgan fingerprint density at radius 3 is 2.45 bits per heavy atom. The Morgan fingerprint density at radius 1 is 1.35 bits per heavy atom. The zero-order chi connectivity index (χ0) is 14.5. The van der Waals surface area contributed by atoms with Crippen molar-refractivity contribution in [1.82, 2.24) is 4.90 Å². The molecular weight excluding hydrogens is 252 g/mol. The van der Waals surface area contributed by atoms with E-state index in [-0.39, 0.29) is 5.84 Å². The van der Waals surface area contributed by atoms with Crippen molar-refractivity contribution < 1.29 is 5.21 Å². The van der Waals surface area contributed by atoms with Crippen LogP contribution in [0.2, 0.25) is 0 Å². The van der Waals surface area contributed by atoms with Gasteiger partial charge >= 0.3 is 0 Å². The van der Waals surface area contributed by atoms with E-state index in [1.165, 1.54) is 31.6 Å². The largest absolute Gasteiger partial charge is 0.409 e. The summed E-state index contributed by atoms with van der Waals surface area (Å²) in [7, 11) is 2.14. The molecule has 1 aliphatic heterocycles. The summed E-state index contributed by atoms with van der Waals surface area (Å²) in [5.74, 6) is 0.149. The van der Waals surface area contributed by atoms with Crippen LogP contribution in [-0.2, 0) is 0 Å². The zero-order valence-electron chi connectivity index (χ0n) is 12.3. The molecule has 0 saturated carbocycles. The van der Waals surface area contributed by atoms with Gasteiger partial charge in [0.15, 0.2) is 5.84 Å². The quantitative estimate of drug-likeness (QED) is 0.380. The summed E-state index contributed by atoms with van der Waals surface area (Å²) in [6.45, 7) is 5.71. The highest BCUT2D eigenvalue weighted by Gasteiger charge is 2.21. The van der Waals surface area contributed by atoms with Gasteiger partial charge in [-0.25, -0.2) is 0 Å². The Kier molecular flexibility index (Phi) is 4.84. The summed E-state index contributed by atoms with van der Waals surface area (Å²) in [5.41, 5.74) is 7.49. The first-order valence-corrected chi connectivity index (χ1v) is 7.18. The van der Waals surface area contributed by atoms with Crippen LogP contribution in [0.3, 0.4) is 0 Å². The molecule has 1 fully saturated rings. The van der Waals surface area contributed by atoms with Crippen molar-refractivity contribution in [3.8, 4) is 0 Å². The van der Waals surface area contributed by atoms with Gasteiger partial charge in [-0.3, -0.25) is 0 Å². The van der Waals surface area contributed by atoms with E-state index in [0.29, 0.717) is 6.04 Å². The van der Waals surface area contributed by atoms with Crippen molar-refractivity contribution in [3.63, 3.8) is 0 Å². The van der Waals surface area contributed by atoms with E-state index in [1.807, 2.05) is 24.3 Å². The second-order valence-corrected chi connectivity index (χ2v) is 5.31. The summed E-state index contributed by atoms with van der Waals surface area (Å²) in [6, 6.07) is 8.43. The Hall–Kier alpha value is -1.75. The first kappa shape index (κ1) is 14.7. The highest BCUT2D eigenvalue weighted by Crippen LogP contribution is 2.22. The third-order valence-corrected chi connectivity index (χ3v) is 4.23. The normalized spacial score (nSPS) is 18.2. The third kappa shape index (κ3) is 3.22. The molecule has 1 heterocycles. The first-order chi connectivity index (χ1) is 9.65. The molecular formula is C15H24N4O. The molecule has 3 N–H and O–H groups in total. The average molecular weight is 276 g/mol. The second kappa shape index (κ2) is 6.61. The summed E-state index contributed by atoms with van der Waals surface area (Å²) in [5, 5.41) is 11.7. The molecule has 20 heavy (non-hydrogen) atoms. The maximum atomic E-state index is 8.67. The smallest absolute Gasteiger partial charge is 0.170 e. The van der Waals surface area contributed by atoms with Gasteiger partial charge in [0.1, 0.15) is 0 Å². The monoisotopic (exact) mass is 276 g/mol. The molecule has 1 aromatic rings. The number of nitrogens with two attached hydrogens (primary N) is 1. The van der Waals surface area contributed by atoms with E-state index in [4.69, 9.17) is 10.9 Å². The van der Waals surface area contributed by atoms with Crippen molar-refractivity contribution in [2.75, 3.05) is 31.6 Å². The predicted molar refractivity (Wildman–Crippen MR) is 82.5 cm³/mol. The van der Waals surface area contributed by atoms with Gasteiger partial charge in [0, 0.05) is 37.4 Å². The minimum atomic E-state index is 0.149. The standard InChI is InChI=1S/C15H24N4O/c1-3-19-10-8-14(9-11-19)18(2)13-6-4-12(5-7-13)15(16)17-20/h4-7,14,20H,3,8-11H2,1-2H3,(H2,16,17). The number of nitrogens with zero attached hydrogens (tertiary/aromatic N) is 3. The van der Waals surface area contributed by atoms with Crippen molar-refractivity contribution in [2.24, 2.45) is 10.9 Å². The predicted octanol–water partition coefficient (Wildman–Crippen LogP) is 1.70. The molecule has 0 atom stereocenters. The lowest BCUT2D eigenvalue weighted by atomic mass is 10.0. The van der Waals surface area contributed by atoms with Crippen LogP contribution < -0.4 is 10.6 Å². The Bertz CT molecular complexity index is 449. The van der Waals surface area contributed by atoms with Crippen molar-refractivity contribution in [1.29, 1.82) is 0 Å². The maximum Gasteiger partial charge on any atom is 0.170 e. The van der Waals surface area contributed by atoms with E-state index in [2.05, 4.69) is 28.9 Å². The van der Waals surface area contributed by atoms with Crippen molar-refractivity contribution in [3.05, 3.63) is 29.8 Å². The van der Waals surface area contributed by atoms with Gasteiger partial charge in [-0.2, -0.15) is 0 Å². The van der Waals surface area contributed by atoms with Gasteiger partial charge in [-0.05, 0) is 43.7 Å². The fraction of sp³-hybridized carbons (Fsp3) is 0.533. The number of amidine groups is 1. The molecule has 0 amide bonds. The number of hydrogen-bond donors (Lipinski definition) is 2. The Balaban J connectivity index is 2.01. The molecule has 0 radical (unpaired) electrons. The molecule has 1 saturated heterocycles. The highest BCUT2D eigenvalue weighted by molar-refractivity contribution is 5.97. The van der Waals surface area contributed by atoms with Gasteiger partial charge in [0.2, 0.25) is 0 Å². The van der Waals surface area contributed by atoms with E-state index < -0.39 is 0 Å². The van der Waals surface area contributed by atoms with E-state index in [1.54, 1.807) is 0 Å². The van der Waals surface area contributed by atoms with Gasteiger partial charge in [-0.15, -0.1) is 0 Å². The number of piperidine rings is 1. The summed E-state index contributed by atoms with van der Waals surface area (Å²) in [6.07, 6.45) is 2.40. The van der Waals surface area contributed by atoms with Crippen molar-refractivity contribution >= 4 is 11.5 Å². The van der Waals surface area contributed by atoms with Gasteiger partial charge in [-0.1, -0.05) is 12.1 Å². The van der Waals surface area contributed by atoms with Crippen LogP contribution in [0.5, 0.6) is 0 Å². The van der Waals surface area contributed by atoms with Gasteiger partial charge in [0.05, 0.1) is 0 Å². The molecule has 1 aromatic carbocycles. The summed E-state index contributed by atoms with van der Waals surface area (Å²) >= 11 is 0. The highest BCUT2D eigenvalue weighted by atomic mass is 16.4. The molecule has 2 rings (SSSR count). The van der Waals surface area contributed by atoms with E-state index >= 15 is 0 Å². The Morgan fingerprint density at radius 2 is 1.95 bits per heavy atom. The molecule has 1 aliphatic rings. The summed E-state index contributed by atoms with van der Waals surface area (Å²) in [4.78, 5) is 4.83. The summed E-state index contributed by atoms with van der Waals surface area (Å²) < 4.78 is 0. The van der Waals surface area contributed by atoms with E-state index in [9.17, 15) is 0 Å². The van der Waals surface area contributed by atoms with Crippen LogP contribution in [0.4, 0.5) is 5.69 Å². The Labute approximate surface area is 120 Å². The lowest BCUT2D eigenvalue weighted by molar-refractivity contribution is 0.221. The van der Waals surface area contributed by atoms with Crippen LogP contribution in [0, 0.1) is 0 Å². The lowest BCUT2D eigenvalue weighted by Gasteiger charge is -2.37. The third-order valence-electron chi connectivity index (χ3n) is 4.23. The molecule has 0 spiro atoms. The number of benzene rings is 1. The number of rotatable bonds is 4. The molecule has 0 aromatic heterocycles. The second-order valence-electron chi connectivity index (χ2n) is 5.31. The van der Waals surface area contributed by atoms with E-state index in [0.717, 1.165) is 12.1 Å². The average Bonchev–Trinajstić information content (AvgIpc) is 2.53. The SMILES string of the molecule is CCN1CCC(N(C)c2ccc(C(N)=NO)cc2)CC1. The topological polar surface area (TPSA) is 65.1 Å². The number of likely N-dealkylation sites (tertiary alicyclic amines) is 1. The van der Waals surface area contributed by atoms with Crippen LogP contribution in [0.25, 0.3) is 0 Å². The van der Waals surface area contributed by atoms with Crippen LogP contribution in [0.15, 0.2) is 29.4 Å². The first-order valence-electron chi connectivity index (χ1n) is 7.18. The number of anilines is 1.